The zero-order valence-electron chi connectivity index (χ0n) is 11.7. The Labute approximate surface area is 130 Å². The first kappa shape index (κ1) is 16.1. The molecule has 0 unspecified atom stereocenters. The lowest BCUT2D eigenvalue weighted by atomic mass is 10.1. The van der Waals surface area contributed by atoms with E-state index in [1.54, 1.807) is 12.1 Å². The fraction of sp³-hybridized carbons (Fsp3) is 0.0588. The van der Waals surface area contributed by atoms with Crippen molar-refractivity contribution in [1.29, 1.82) is 10.5 Å². The SMILES string of the molecule is N#CC(C#N)=Cc1ccc(F)cc1OCc1ccc(F)c(F)c1. The van der Waals surface area contributed by atoms with Crippen LogP contribution in [-0.4, -0.2) is 0 Å². The maximum absolute atomic E-state index is 13.4. The molecule has 0 aliphatic rings. The van der Waals surface area contributed by atoms with Crippen molar-refractivity contribution in [3.8, 4) is 17.9 Å². The number of hydrogen-bond donors (Lipinski definition) is 0. The largest absolute Gasteiger partial charge is 0.488 e. The summed E-state index contributed by atoms with van der Waals surface area (Å²) in [5.41, 5.74) is 0.505. The molecule has 0 bridgehead atoms. The molecule has 0 N–H and O–H groups in total. The number of allylic oxidation sites excluding steroid dienone is 1. The molecule has 0 spiro atoms. The van der Waals surface area contributed by atoms with E-state index in [4.69, 9.17) is 15.3 Å². The second kappa shape index (κ2) is 7.15. The Hall–Kier alpha value is -3.25. The van der Waals surface area contributed by atoms with Crippen LogP contribution in [0.2, 0.25) is 0 Å². The van der Waals surface area contributed by atoms with Crippen LogP contribution in [-0.2, 0) is 6.61 Å². The lowest BCUT2D eigenvalue weighted by molar-refractivity contribution is 0.303. The van der Waals surface area contributed by atoms with E-state index >= 15 is 0 Å². The Bertz CT molecular complexity index is 832. The monoisotopic (exact) mass is 314 g/mol. The van der Waals surface area contributed by atoms with Crippen LogP contribution in [0.5, 0.6) is 5.75 Å². The second-order valence-electron chi connectivity index (χ2n) is 4.50. The van der Waals surface area contributed by atoms with Gasteiger partial charge in [-0.15, -0.1) is 0 Å². The number of nitriles is 2. The van der Waals surface area contributed by atoms with Crippen LogP contribution in [0.15, 0.2) is 42.0 Å². The Balaban J connectivity index is 2.27. The molecule has 0 amide bonds. The van der Waals surface area contributed by atoms with Gasteiger partial charge in [0.1, 0.15) is 35.9 Å². The molecule has 0 saturated heterocycles. The van der Waals surface area contributed by atoms with Crippen molar-refractivity contribution in [3.05, 3.63) is 70.5 Å². The van der Waals surface area contributed by atoms with Crippen molar-refractivity contribution in [2.24, 2.45) is 0 Å². The average molecular weight is 314 g/mol. The summed E-state index contributed by atoms with van der Waals surface area (Å²) in [6, 6.07) is 10.2. The predicted octanol–water partition coefficient (Wildman–Crippen LogP) is 4.11. The molecule has 6 heteroatoms. The number of nitrogens with zero attached hydrogens (tertiary/aromatic N) is 2. The van der Waals surface area contributed by atoms with Crippen LogP contribution >= 0.6 is 0 Å². The molecule has 2 aromatic carbocycles. The van der Waals surface area contributed by atoms with Gasteiger partial charge in [0.25, 0.3) is 0 Å². The Morgan fingerprint density at radius 1 is 1.00 bits per heavy atom. The molecule has 0 aliphatic heterocycles. The van der Waals surface area contributed by atoms with E-state index in [-0.39, 0.29) is 17.9 Å². The normalized spacial score (nSPS) is 9.61. The molecular formula is C17H9F3N2O. The summed E-state index contributed by atoms with van der Waals surface area (Å²) in [5, 5.41) is 17.5. The van der Waals surface area contributed by atoms with E-state index in [0.29, 0.717) is 11.1 Å². The van der Waals surface area contributed by atoms with E-state index in [2.05, 4.69) is 0 Å². The number of rotatable bonds is 4. The van der Waals surface area contributed by atoms with Gasteiger partial charge in [-0.05, 0) is 35.9 Å². The molecule has 2 rings (SSSR count). The third-order valence-corrected chi connectivity index (χ3v) is 2.89. The molecule has 23 heavy (non-hydrogen) atoms. The summed E-state index contributed by atoms with van der Waals surface area (Å²) >= 11 is 0. The number of hydrogen-bond acceptors (Lipinski definition) is 3. The van der Waals surface area contributed by atoms with E-state index in [1.807, 2.05) is 0 Å². The van der Waals surface area contributed by atoms with Gasteiger partial charge < -0.3 is 4.74 Å². The van der Waals surface area contributed by atoms with Gasteiger partial charge in [-0.2, -0.15) is 10.5 Å². The van der Waals surface area contributed by atoms with Gasteiger partial charge in [0.05, 0.1) is 0 Å². The number of ether oxygens (including phenoxy) is 1. The van der Waals surface area contributed by atoms with Crippen molar-refractivity contribution >= 4 is 6.08 Å². The van der Waals surface area contributed by atoms with Crippen LogP contribution < -0.4 is 4.74 Å². The molecule has 0 fully saturated rings. The molecule has 114 valence electrons. The zero-order chi connectivity index (χ0) is 16.8. The summed E-state index contributed by atoms with van der Waals surface area (Å²) in [7, 11) is 0. The first-order valence-corrected chi connectivity index (χ1v) is 6.41. The van der Waals surface area contributed by atoms with Crippen molar-refractivity contribution in [1.82, 2.24) is 0 Å². The highest BCUT2D eigenvalue weighted by Crippen LogP contribution is 2.24. The lowest BCUT2D eigenvalue weighted by Crippen LogP contribution is -1.99. The summed E-state index contributed by atoms with van der Waals surface area (Å²) in [5.74, 6) is -2.48. The fourth-order valence-corrected chi connectivity index (χ4v) is 1.79. The van der Waals surface area contributed by atoms with Crippen LogP contribution in [0, 0.1) is 40.1 Å². The van der Waals surface area contributed by atoms with Crippen molar-refractivity contribution in [2.45, 2.75) is 6.61 Å². The molecular weight excluding hydrogens is 305 g/mol. The Morgan fingerprint density at radius 3 is 2.39 bits per heavy atom. The lowest BCUT2D eigenvalue weighted by Gasteiger charge is -2.10. The van der Waals surface area contributed by atoms with Crippen LogP contribution in [0.3, 0.4) is 0 Å². The molecule has 0 heterocycles. The molecule has 3 nitrogen and oxygen atoms in total. The smallest absolute Gasteiger partial charge is 0.159 e. The third kappa shape index (κ3) is 4.12. The minimum Gasteiger partial charge on any atom is -0.488 e. The standard InChI is InChI=1S/C17H9F3N2O/c18-14-3-2-13(5-12(8-21)9-22)17(7-14)23-10-11-1-4-15(19)16(20)6-11/h1-7H,10H2. The zero-order valence-corrected chi connectivity index (χ0v) is 11.7. The van der Waals surface area contributed by atoms with E-state index < -0.39 is 17.5 Å². The molecule has 2 aromatic rings. The van der Waals surface area contributed by atoms with E-state index in [1.165, 1.54) is 18.2 Å². The van der Waals surface area contributed by atoms with E-state index in [9.17, 15) is 13.2 Å². The van der Waals surface area contributed by atoms with E-state index in [0.717, 1.165) is 24.3 Å². The van der Waals surface area contributed by atoms with Gasteiger partial charge in [0.2, 0.25) is 0 Å². The summed E-state index contributed by atoms with van der Waals surface area (Å²) in [4.78, 5) is 0. The van der Waals surface area contributed by atoms with Crippen molar-refractivity contribution in [3.63, 3.8) is 0 Å². The van der Waals surface area contributed by atoms with Crippen LogP contribution in [0.1, 0.15) is 11.1 Å². The van der Waals surface area contributed by atoms with Gasteiger partial charge >= 0.3 is 0 Å². The quantitative estimate of drug-likeness (QED) is 0.798. The van der Waals surface area contributed by atoms with Crippen molar-refractivity contribution < 1.29 is 17.9 Å². The maximum Gasteiger partial charge on any atom is 0.159 e. The highest BCUT2D eigenvalue weighted by molar-refractivity contribution is 5.66. The minimum absolute atomic E-state index is 0.0812. The minimum atomic E-state index is -1.01. The van der Waals surface area contributed by atoms with Gasteiger partial charge in [-0.1, -0.05) is 6.07 Å². The highest BCUT2D eigenvalue weighted by atomic mass is 19.2. The average Bonchev–Trinajstić information content (AvgIpc) is 2.55. The second-order valence-corrected chi connectivity index (χ2v) is 4.50. The van der Waals surface area contributed by atoms with Gasteiger partial charge in [-0.25, -0.2) is 13.2 Å². The van der Waals surface area contributed by atoms with Gasteiger partial charge in [-0.3, -0.25) is 0 Å². The number of benzene rings is 2. The summed E-state index contributed by atoms with van der Waals surface area (Å²) in [6.07, 6.45) is 1.25. The summed E-state index contributed by atoms with van der Waals surface area (Å²) < 4.78 is 44.8. The summed E-state index contributed by atoms with van der Waals surface area (Å²) in [6.45, 7) is -0.129. The van der Waals surface area contributed by atoms with Crippen molar-refractivity contribution in [2.75, 3.05) is 0 Å². The van der Waals surface area contributed by atoms with Gasteiger partial charge in [0, 0.05) is 11.6 Å². The van der Waals surface area contributed by atoms with Crippen LogP contribution in [0.25, 0.3) is 6.08 Å². The Kier molecular flexibility index (Phi) is 5.01. The molecule has 0 saturated carbocycles. The predicted molar refractivity (Wildman–Crippen MR) is 76.3 cm³/mol. The third-order valence-electron chi connectivity index (χ3n) is 2.89. The molecule has 0 aromatic heterocycles. The topological polar surface area (TPSA) is 56.8 Å². The highest BCUT2D eigenvalue weighted by Gasteiger charge is 2.08. The molecule has 0 aliphatic carbocycles. The first-order chi connectivity index (χ1) is 11.0. The Morgan fingerprint density at radius 2 is 1.74 bits per heavy atom. The molecule has 0 atom stereocenters. The van der Waals surface area contributed by atoms with Gasteiger partial charge in [0.15, 0.2) is 11.6 Å². The van der Waals surface area contributed by atoms with Crippen LogP contribution in [0.4, 0.5) is 13.2 Å². The number of halogens is 3. The molecule has 0 radical (unpaired) electrons. The first-order valence-electron chi connectivity index (χ1n) is 6.41. The maximum atomic E-state index is 13.4. The fourth-order valence-electron chi connectivity index (χ4n) is 1.79.